The van der Waals surface area contributed by atoms with Gasteiger partial charge in [0, 0.05) is 18.7 Å². The molecule has 168 valence electrons. The molecule has 0 unspecified atom stereocenters. The molecule has 0 aromatic heterocycles. The van der Waals surface area contributed by atoms with Crippen LogP contribution in [0.2, 0.25) is 0 Å². The van der Waals surface area contributed by atoms with Gasteiger partial charge in [0.1, 0.15) is 6.04 Å². The molecule has 0 heterocycles. The molecular formula is C22H28N2O6S. The van der Waals surface area contributed by atoms with E-state index in [0.717, 1.165) is 27.6 Å². The number of sulfonamides is 1. The number of aryl methyl sites for hydroxylation is 1. The number of hydrogen-bond acceptors (Lipinski definition) is 6. The van der Waals surface area contributed by atoms with Gasteiger partial charge in [-0.15, -0.1) is 0 Å². The van der Waals surface area contributed by atoms with E-state index in [4.69, 9.17) is 4.74 Å². The van der Waals surface area contributed by atoms with E-state index in [0.29, 0.717) is 0 Å². The van der Waals surface area contributed by atoms with Crippen LogP contribution in [0.3, 0.4) is 0 Å². The molecule has 0 bridgehead atoms. The van der Waals surface area contributed by atoms with Gasteiger partial charge in [0.15, 0.2) is 0 Å². The van der Waals surface area contributed by atoms with Crippen molar-refractivity contribution in [3.8, 4) is 0 Å². The van der Waals surface area contributed by atoms with Crippen molar-refractivity contribution in [2.75, 3.05) is 6.61 Å². The fourth-order valence-corrected chi connectivity index (χ4v) is 4.82. The molecule has 0 spiro atoms. The molecule has 0 aliphatic heterocycles. The average molecular weight is 449 g/mol. The van der Waals surface area contributed by atoms with Crippen LogP contribution in [0.5, 0.6) is 0 Å². The number of nitro groups is 1. The summed E-state index contributed by atoms with van der Waals surface area (Å²) >= 11 is 0. The first kappa shape index (κ1) is 24.5. The maximum atomic E-state index is 13.6. The quantitative estimate of drug-likeness (QED) is 0.308. The summed E-state index contributed by atoms with van der Waals surface area (Å²) in [6.45, 7) is 7.46. The molecule has 2 aromatic carbocycles. The molecule has 0 N–H and O–H groups in total. The molecule has 0 aliphatic rings. The zero-order chi connectivity index (χ0) is 23.2. The number of benzene rings is 2. The lowest BCUT2D eigenvalue weighted by Gasteiger charge is -2.30. The zero-order valence-electron chi connectivity index (χ0n) is 18.1. The van der Waals surface area contributed by atoms with E-state index in [9.17, 15) is 23.3 Å². The molecule has 1 atom stereocenters. The fourth-order valence-electron chi connectivity index (χ4n) is 3.24. The molecule has 0 amide bonds. The zero-order valence-corrected chi connectivity index (χ0v) is 19.0. The van der Waals surface area contributed by atoms with Gasteiger partial charge in [-0.05, 0) is 43.9 Å². The number of ether oxygens (including phenoxy) is 1. The minimum absolute atomic E-state index is 0.0291. The van der Waals surface area contributed by atoms with Crippen LogP contribution in [0, 0.1) is 23.0 Å². The summed E-state index contributed by atoms with van der Waals surface area (Å²) in [5.41, 5.74) is 1.47. The predicted octanol–water partition coefficient (Wildman–Crippen LogP) is 4.07. The first-order chi connectivity index (χ1) is 14.6. The average Bonchev–Trinajstić information content (AvgIpc) is 2.70. The number of carbonyl (C=O) groups is 1. The predicted molar refractivity (Wildman–Crippen MR) is 117 cm³/mol. The van der Waals surface area contributed by atoms with Gasteiger partial charge < -0.3 is 4.74 Å². The van der Waals surface area contributed by atoms with Crippen LogP contribution >= 0.6 is 0 Å². The molecule has 0 aliphatic carbocycles. The number of carbonyl (C=O) groups excluding carboxylic acids is 1. The molecule has 2 aromatic rings. The number of nitro benzene ring substituents is 1. The number of non-ortho nitro benzene ring substituents is 1. The standard InChI is InChI=1S/C22H28N2O6S/c1-5-30-22(25)21(13-16(2)3)23(15-18-8-6-7-17(4)14-18)31(28,29)20-11-9-19(10-12-20)24(26)27/h6-12,14,16,21H,5,13,15H2,1-4H3/t21-/m1/s1. The summed E-state index contributed by atoms with van der Waals surface area (Å²) in [6.07, 6.45) is 0.275. The van der Waals surface area contributed by atoms with Gasteiger partial charge in [-0.3, -0.25) is 14.9 Å². The van der Waals surface area contributed by atoms with Crippen molar-refractivity contribution < 1.29 is 22.9 Å². The van der Waals surface area contributed by atoms with Gasteiger partial charge in [-0.1, -0.05) is 43.7 Å². The number of rotatable bonds is 10. The first-order valence-electron chi connectivity index (χ1n) is 10.0. The number of hydrogen-bond donors (Lipinski definition) is 0. The largest absolute Gasteiger partial charge is 0.465 e. The maximum absolute atomic E-state index is 13.6. The minimum atomic E-state index is -4.15. The highest BCUT2D eigenvalue weighted by Gasteiger charge is 2.37. The van der Waals surface area contributed by atoms with Crippen molar-refractivity contribution in [3.05, 3.63) is 69.8 Å². The van der Waals surface area contributed by atoms with Gasteiger partial charge in [0.05, 0.1) is 16.4 Å². The van der Waals surface area contributed by atoms with Gasteiger partial charge >= 0.3 is 5.97 Å². The lowest BCUT2D eigenvalue weighted by molar-refractivity contribution is -0.384. The Balaban J connectivity index is 2.57. The monoisotopic (exact) mass is 448 g/mol. The van der Waals surface area contributed by atoms with Crippen LogP contribution in [0.4, 0.5) is 5.69 Å². The van der Waals surface area contributed by atoms with Gasteiger partial charge in [-0.25, -0.2) is 8.42 Å². The SMILES string of the molecule is CCOC(=O)[C@@H](CC(C)C)N(Cc1cccc(C)c1)S(=O)(=O)c1ccc([N+](=O)[O-])cc1. The second kappa shape index (κ2) is 10.5. The van der Waals surface area contributed by atoms with Crippen molar-refractivity contribution in [2.45, 2.75) is 51.6 Å². The molecule has 9 heteroatoms. The Morgan fingerprint density at radius 2 is 1.81 bits per heavy atom. The van der Waals surface area contributed by atoms with E-state index >= 15 is 0 Å². The van der Waals surface area contributed by atoms with Gasteiger partial charge in [0.25, 0.3) is 5.69 Å². The van der Waals surface area contributed by atoms with Crippen LogP contribution in [-0.4, -0.2) is 36.3 Å². The minimum Gasteiger partial charge on any atom is -0.465 e. The highest BCUT2D eigenvalue weighted by Crippen LogP contribution is 2.27. The Bertz CT molecular complexity index is 1020. The van der Waals surface area contributed by atoms with E-state index in [2.05, 4.69) is 0 Å². The Kier molecular flexibility index (Phi) is 8.29. The third kappa shape index (κ3) is 6.35. The second-order valence-electron chi connectivity index (χ2n) is 7.69. The highest BCUT2D eigenvalue weighted by atomic mass is 32.2. The van der Waals surface area contributed by atoms with Crippen LogP contribution in [-0.2, 0) is 26.1 Å². The number of nitrogens with zero attached hydrogens (tertiary/aromatic N) is 2. The van der Waals surface area contributed by atoms with E-state index < -0.39 is 27.0 Å². The van der Waals surface area contributed by atoms with Crippen molar-refractivity contribution in [1.82, 2.24) is 4.31 Å². The smallest absolute Gasteiger partial charge is 0.324 e. The summed E-state index contributed by atoms with van der Waals surface area (Å²) in [5, 5.41) is 10.9. The number of esters is 1. The van der Waals surface area contributed by atoms with Crippen LogP contribution < -0.4 is 0 Å². The summed E-state index contributed by atoms with van der Waals surface area (Å²) < 4.78 is 33.5. The van der Waals surface area contributed by atoms with E-state index in [-0.39, 0.29) is 36.1 Å². The highest BCUT2D eigenvalue weighted by molar-refractivity contribution is 7.89. The molecular weight excluding hydrogens is 420 g/mol. The molecule has 0 saturated heterocycles. The lowest BCUT2D eigenvalue weighted by atomic mass is 10.0. The summed E-state index contributed by atoms with van der Waals surface area (Å²) in [4.78, 5) is 23.0. The summed E-state index contributed by atoms with van der Waals surface area (Å²) in [7, 11) is -4.15. The molecule has 2 rings (SSSR count). The van der Waals surface area contributed by atoms with E-state index in [1.165, 1.54) is 12.1 Å². The normalized spacial score (nSPS) is 12.7. The van der Waals surface area contributed by atoms with Crippen molar-refractivity contribution in [2.24, 2.45) is 5.92 Å². The Morgan fingerprint density at radius 3 is 2.32 bits per heavy atom. The van der Waals surface area contributed by atoms with Crippen LogP contribution in [0.15, 0.2) is 53.4 Å². The summed E-state index contributed by atoms with van der Waals surface area (Å²) in [5.74, 6) is -0.587. The molecule has 31 heavy (non-hydrogen) atoms. The fraction of sp³-hybridized carbons (Fsp3) is 0.409. The molecule has 0 radical (unpaired) electrons. The topological polar surface area (TPSA) is 107 Å². The van der Waals surface area contributed by atoms with Crippen LogP contribution in [0.1, 0.15) is 38.3 Å². The lowest BCUT2D eigenvalue weighted by Crippen LogP contribution is -2.46. The van der Waals surface area contributed by atoms with Crippen molar-refractivity contribution in [1.29, 1.82) is 0 Å². The van der Waals surface area contributed by atoms with E-state index in [1.807, 2.05) is 39.0 Å². The molecule has 8 nitrogen and oxygen atoms in total. The Labute approximate surface area is 183 Å². The third-order valence-corrected chi connectivity index (χ3v) is 6.54. The van der Waals surface area contributed by atoms with Gasteiger partial charge in [0.2, 0.25) is 10.0 Å². The second-order valence-corrected chi connectivity index (χ2v) is 9.58. The molecule has 0 saturated carbocycles. The van der Waals surface area contributed by atoms with Crippen LogP contribution in [0.25, 0.3) is 0 Å². The maximum Gasteiger partial charge on any atom is 0.324 e. The Morgan fingerprint density at radius 1 is 1.16 bits per heavy atom. The molecule has 0 fully saturated rings. The third-order valence-electron chi connectivity index (χ3n) is 4.68. The Hall–Kier alpha value is -2.78. The van der Waals surface area contributed by atoms with Crippen molar-refractivity contribution >= 4 is 21.7 Å². The van der Waals surface area contributed by atoms with E-state index in [1.54, 1.807) is 13.0 Å². The first-order valence-corrected chi connectivity index (χ1v) is 11.5. The van der Waals surface area contributed by atoms with Crippen molar-refractivity contribution in [3.63, 3.8) is 0 Å². The summed E-state index contributed by atoms with van der Waals surface area (Å²) in [6, 6.07) is 11.0. The van der Waals surface area contributed by atoms with Gasteiger partial charge in [-0.2, -0.15) is 4.31 Å².